The number of nitrogens with two attached hydrogens (primary N) is 1. The Kier molecular flexibility index (Phi) is 4.13. The van der Waals surface area contributed by atoms with Gasteiger partial charge in [0.1, 0.15) is 5.82 Å². The molecule has 1 unspecified atom stereocenters. The van der Waals surface area contributed by atoms with Crippen molar-refractivity contribution in [2.24, 2.45) is 5.73 Å². The highest BCUT2D eigenvalue weighted by atomic mass is 16.3. The zero-order valence-electron chi connectivity index (χ0n) is 11.9. The van der Waals surface area contributed by atoms with E-state index in [1.165, 1.54) is 5.56 Å². The first-order valence-corrected chi connectivity index (χ1v) is 7.31. The van der Waals surface area contributed by atoms with Crippen molar-refractivity contribution in [3.05, 3.63) is 42.1 Å². The first kappa shape index (κ1) is 14.0. The van der Waals surface area contributed by atoms with E-state index in [1.807, 2.05) is 18.2 Å². The maximum atomic E-state index is 9.63. The molecule has 5 heteroatoms. The summed E-state index contributed by atoms with van der Waals surface area (Å²) in [5.41, 5.74) is 7.78. The van der Waals surface area contributed by atoms with Crippen LogP contribution < -0.4 is 10.6 Å². The number of aliphatic hydroxyl groups excluding tert-OH is 1. The Balaban J connectivity index is 1.82. The molecule has 3 rings (SSSR count). The second-order valence-corrected chi connectivity index (χ2v) is 5.36. The Morgan fingerprint density at radius 3 is 2.71 bits per heavy atom. The molecule has 1 fully saturated rings. The van der Waals surface area contributed by atoms with Crippen LogP contribution in [-0.4, -0.2) is 40.8 Å². The van der Waals surface area contributed by atoms with Crippen LogP contribution in [-0.2, 0) is 6.42 Å². The number of hydrogen-bond donors (Lipinski definition) is 2. The van der Waals surface area contributed by atoms with Gasteiger partial charge in [0, 0.05) is 24.8 Å². The summed E-state index contributed by atoms with van der Waals surface area (Å²) in [5.74, 6) is 1.59. The predicted molar refractivity (Wildman–Crippen MR) is 83.1 cm³/mol. The molecule has 1 atom stereocenters. The molecule has 0 spiro atoms. The molecule has 1 saturated heterocycles. The topological polar surface area (TPSA) is 75.3 Å². The van der Waals surface area contributed by atoms with Crippen molar-refractivity contribution in [2.45, 2.75) is 18.9 Å². The van der Waals surface area contributed by atoms with E-state index >= 15 is 0 Å². The van der Waals surface area contributed by atoms with Gasteiger partial charge >= 0.3 is 0 Å². The van der Waals surface area contributed by atoms with E-state index in [9.17, 15) is 5.11 Å². The van der Waals surface area contributed by atoms with E-state index < -0.39 is 0 Å². The summed E-state index contributed by atoms with van der Waals surface area (Å²) >= 11 is 0. The monoisotopic (exact) mass is 284 g/mol. The Bertz CT molecular complexity index is 599. The molecule has 2 aromatic rings. The van der Waals surface area contributed by atoms with Crippen LogP contribution in [0.3, 0.4) is 0 Å². The van der Waals surface area contributed by atoms with Crippen molar-refractivity contribution in [2.75, 3.05) is 24.5 Å². The lowest BCUT2D eigenvalue weighted by Crippen LogP contribution is -2.22. The van der Waals surface area contributed by atoms with E-state index in [2.05, 4.69) is 27.0 Å². The van der Waals surface area contributed by atoms with Crippen molar-refractivity contribution in [3.63, 3.8) is 0 Å². The van der Waals surface area contributed by atoms with Gasteiger partial charge in [0.05, 0.1) is 6.10 Å². The van der Waals surface area contributed by atoms with E-state index in [0.717, 1.165) is 30.8 Å². The van der Waals surface area contributed by atoms with Crippen LogP contribution in [0.25, 0.3) is 11.4 Å². The Labute approximate surface area is 124 Å². The molecule has 1 aliphatic rings. The fourth-order valence-electron chi connectivity index (χ4n) is 2.60. The van der Waals surface area contributed by atoms with Crippen molar-refractivity contribution in [1.82, 2.24) is 9.97 Å². The Morgan fingerprint density at radius 2 is 2.05 bits per heavy atom. The van der Waals surface area contributed by atoms with Gasteiger partial charge in [-0.2, -0.15) is 0 Å². The number of β-amino-alcohol motifs (C(OH)–C–C–N with tert-alkyl or cyclic N) is 1. The van der Waals surface area contributed by atoms with E-state index in [4.69, 9.17) is 5.73 Å². The third-order valence-electron chi connectivity index (χ3n) is 3.77. The van der Waals surface area contributed by atoms with Crippen LogP contribution >= 0.6 is 0 Å². The molecule has 0 amide bonds. The zero-order chi connectivity index (χ0) is 14.7. The van der Waals surface area contributed by atoms with Gasteiger partial charge < -0.3 is 15.7 Å². The molecule has 0 aliphatic carbocycles. The number of anilines is 1. The van der Waals surface area contributed by atoms with E-state index in [-0.39, 0.29) is 6.10 Å². The molecular weight excluding hydrogens is 264 g/mol. The van der Waals surface area contributed by atoms with Gasteiger partial charge in [0.2, 0.25) is 0 Å². The van der Waals surface area contributed by atoms with Crippen LogP contribution in [0.2, 0.25) is 0 Å². The van der Waals surface area contributed by atoms with E-state index in [0.29, 0.717) is 18.9 Å². The minimum Gasteiger partial charge on any atom is -0.391 e. The second-order valence-electron chi connectivity index (χ2n) is 5.36. The molecule has 5 nitrogen and oxygen atoms in total. The maximum absolute atomic E-state index is 9.63. The van der Waals surface area contributed by atoms with Crippen molar-refractivity contribution >= 4 is 5.82 Å². The van der Waals surface area contributed by atoms with Crippen LogP contribution in [0, 0.1) is 0 Å². The molecule has 1 aromatic heterocycles. The lowest BCUT2D eigenvalue weighted by molar-refractivity contribution is 0.198. The summed E-state index contributed by atoms with van der Waals surface area (Å²) in [6.07, 6.45) is 3.20. The summed E-state index contributed by atoms with van der Waals surface area (Å²) in [6.45, 7) is 2.14. The quantitative estimate of drug-likeness (QED) is 0.883. The highest BCUT2D eigenvalue weighted by Crippen LogP contribution is 2.22. The summed E-state index contributed by atoms with van der Waals surface area (Å²) < 4.78 is 0. The highest BCUT2D eigenvalue weighted by Gasteiger charge is 2.21. The molecule has 110 valence electrons. The lowest BCUT2D eigenvalue weighted by atomic mass is 10.1. The van der Waals surface area contributed by atoms with E-state index in [1.54, 1.807) is 6.20 Å². The van der Waals surface area contributed by atoms with Gasteiger partial charge in [0.25, 0.3) is 0 Å². The van der Waals surface area contributed by atoms with Gasteiger partial charge in [-0.3, -0.25) is 0 Å². The SMILES string of the molecule is NCCc1ccc(-c2nccc(N3CCC(O)C3)n2)cc1. The standard InChI is InChI=1S/C16H20N4O/c17-8-5-12-1-3-13(4-2-12)16-18-9-6-15(19-16)20-10-7-14(21)11-20/h1-4,6,9,14,21H,5,7-8,10-11,17H2. The third kappa shape index (κ3) is 3.20. The molecular formula is C16H20N4O. The summed E-state index contributed by atoms with van der Waals surface area (Å²) in [4.78, 5) is 11.1. The van der Waals surface area contributed by atoms with Gasteiger partial charge in [-0.25, -0.2) is 9.97 Å². The van der Waals surface area contributed by atoms with Gasteiger partial charge in [0.15, 0.2) is 5.82 Å². The van der Waals surface area contributed by atoms with Crippen molar-refractivity contribution < 1.29 is 5.11 Å². The third-order valence-corrected chi connectivity index (χ3v) is 3.77. The normalized spacial score (nSPS) is 18.2. The average molecular weight is 284 g/mol. The minimum absolute atomic E-state index is 0.251. The number of benzene rings is 1. The maximum Gasteiger partial charge on any atom is 0.161 e. The number of aromatic nitrogens is 2. The Hall–Kier alpha value is -1.98. The molecule has 0 bridgehead atoms. The van der Waals surface area contributed by atoms with Crippen LogP contribution in [0.4, 0.5) is 5.82 Å². The molecule has 2 heterocycles. The molecule has 1 aromatic carbocycles. The first-order valence-electron chi connectivity index (χ1n) is 7.31. The van der Waals surface area contributed by atoms with Crippen LogP contribution in [0.15, 0.2) is 36.5 Å². The van der Waals surface area contributed by atoms with Gasteiger partial charge in [-0.15, -0.1) is 0 Å². The molecule has 0 saturated carbocycles. The smallest absolute Gasteiger partial charge is 0.161 e. The molecule has 21 heavy (non-hydrogen) atoms. The number of nitrogens with zero attached hydrogens (tertiary/aromatic N) is 3. The Morgan fingerprint density at radius 1 is 1.24 bits per heavy atom. The predicted octanol–water partition coefficient (Wildman–Crippen LogP) is 1.22. The first-order chi connectivity index (χ1) is 10.3. The number of rotatable bonds is 4. The van der Waals surface area contributed by atoms with Gasteiger partial charge in [-0.1, -0.05) is 24.3 Å². The average Bonchev–Trinajstić information content (AvgIpc) is 2.95. The van der Waals surface area contributed by atoms with Crippen molar-refractivity contribution in [3.8, 4) is 11.4 Å². The fraction of sp³-hybridized carbons (Fsp3) is 0.375. The number of aliphatic hydroxyl groups is 1. The largest absolute Gasteiger partial charge is 0.391 e. The van der Waals surface area contributed by atoms with Crippen LogP contribution in [0.5, 0.6) is 0 Å². The summed E-state index contributed by atoms with van der Waals surface area (Å²) in [6, 6.07) is 10.1. The minimum atomic E-state index is -0.251. The fourth-order valence-corrected chi connectivity index (χ4v) is 2.60. The second kappa shape index (κ2) is 6.20. The molecule has 0 radical (unpaired) electrons. The zero-order valence-corrected chi connectivity index (χ0v) is 11.9. The van der Waals surface area contributed by atoms with Crippen LogP contribution in [0.1, 0.15) is 12.0 Å². The molecule has 3 N–H and O–H groups in total. The molecule has 1 aliphatic heterocycles. The highest BCUT2D eigenvalue weighted by molar-refractivity contribution is 5.57. The number of hydrogen-bond acceptors (Lipinski definition) is 5. The lowest BCUT2D eigenvalue weighted by Gasteiger charge is -2.16. The van der Waals surface area contributed by atoms with Crippen molar-refractivity contribution in [1.29, 1.82) is 0 Å². The summed E-state index contributed by atoms with van der Waals surface area (Å²) in [5, 5.41) is 9.63. The van der Waals surface area contributed by atoms with Gasteiger partial charge in [-0.05, 0) is 31.0 Å². The summed E-state index contributed by atoms with van der Waals surface area (Å²) in [7, 11) is 0.